The van der Waals surface area contributed by atoms with Gasteiger partial charge >= 0.3 is 0 Å². The van der Waals surface area contributed by atoms with E-state index >= 15 is 0 Å². The minimum Gasteiger partial charge on any atom is -0.494 e. The number of rotatable bonds is 8. The molecule has 0 radical (unpaired) electrons. The number of aromatic hydroxyl groups is 1. The molecule has 6 heteroatoms. The lowest BCUT2D eigenvalue weighted by Crippen LogP contribution is -2.28. The summed E-state index contributed by atoms with van der Waals surface area (Å²) >= 11 is 0. The number of aromatic amines is 1. The van der Waals surface area contributed by atoms with E-state index in [-0.39, 0.29) is 11.8 Å². The fraction of sp³-hybridized carbons (Fsp3) is 0.290. The summed E-state index contributed by atoms with van der Waals surface area (Å²) in [7, 11) is 0. The van der Waals surface area contributed by atoms with Gasteiger partial charge in [0.1, 0.15) is 0 Å². The van der Waals surface area contributed by atoms with Crippen LogP contribution in [0.25, 0.3) is 10.9 Å². The van der Waals surface area contributed by atoms with Gasteiger partial charge in [-0.3, -0.25) is 9.69 Å². The second-order valence-electron chi connectivity index (χ2n) is 9.69. The van der Waals surface area contributed by atoms with Gasteiger partial charge in [-0.25, -0.2) is 4.99 Å². The quantitative estimate of drug-likeness (QED) is 0.256. The van der Waals surface area contributed by atoms with Gasteiger partial charge in [0.05, 0.1) is 17.0 Å². The monoisotopic (exact) mass is 494 g/mol. The number of benzene rings is 3. The molecule has 0 unspecified atom stereocenters. The second kappa shape index (κ2) is 11.4. The fourth-order valence-corrected chi connectivity index (χ4v) is 4.94. The lowest BCUT2D eigenvalue weighted by Gasteiger charge is -2.26. The fourth-order valence-electron chi connectivity index (χ4n) is 4.94. The van der Waals surface area contributed by atoms with Crippen LogP contribution < -0.4 is 5.32 Å². The maximum absolute atomic E-state index is 12.7. The van der Waals surface area contributed by atoms with Crippen molar-refractivity contribution in [2.45, 2.75) is 39.2 Å². The molecule has 1 aliphatic heterocycles. The summed E-state index contributed by atoms with van der Waals surface area (Å²) < 4.78 is 0. The van der Waals surface area contributed by atoms with Crippen molar-refractivity contribution < 1.29 is 9.90 Å². The molecule has 3 N–H and O–H groups in total. The van der Waals surface area contributed by atoms with Gasteiger partial charge in [0, 0.05) is 35.1 Å². The number of aromatic nitrogens is 1. The van der Waals surface area contributed by atoms with E-state index in [1.54, 1.807) is 6.07 Å². The number of fused-ring (bicyclic) bond motifs is 1. The first kappa shape index (κ1) is 24.8. The Bertz CT molecular complexity index is 1380. The molecular formula is C31H34N4O2. The van der Waals surface area contributed by atoms with Crippen LogP contribution in [-0.4, -0.2) is 46.2 Å². The van der Waals surface area contributed by atoms with Crippen LogP contribution in [-0.2, 0) is 6.54 Å². The van der Waals surface area contributed by atoms with E-state index in [1.165, 1.54) is 24.8 Å². The second-order valence-corrected chi connectivity index (χ2v) is 9.69. The van der Waals surface area contributed by atoms with Crippen molar-refractivity contribution in [1.29, 1.82) is 0 Å². The average molecular weight is 495 g/mol. The van der Waals surface area contributed by atoms with Gasteiger partial charge < -0.3 is 15.4 Å². The van der Waals surface area contributed by atoms with Crippen LogP contribution in [0.3, 0.4) is 0 Å². The Morgan fingerprint density at radius 1 is 0.973 bits per heavy atom. The Balaban J connectivity index is 1.53. The molecule has 5 rings (SSSR count). The highest BCUT2D eigenvalue weighted by Gasteiger charge is 2.20. The normalized spacial score (nSPS) is 14.7. The minimum absolute atomic E-state index is 0.0328. The molecule has 1 saturated heterocycles. The predicted molar refractivity (Wildman–Crippen MR) is 150 cm³/mol. The van der Waals surface area contributed by atoms with E-state index in [4.69, 9.17) is 4.99 Å². The summed E-state index contributed by atoms with van der Waals surface area (Å²) in [5.41, 5.74) is 5.52. The van der Waals surface area contributed by atoms with Crippen LogP contribution in [0.2, 0.25) is 0 Å². The molecule has 0 spiro atoms. The molecular weight excluding hydrogens is 460 g/mol. The van der Waals surface area contributed by atoms with E-state index in [0.29, 0.717) is 23.4 Å². The SMILES string of the molecule is CCCNC(=O)c1ccc2[nH]c(O)c(C(=Nc3ccc(CN4CCCCC4)cc3)c3ccccc3)c2c1. The largest absolute Gasteiger partial charge is 0.494 e. The zero-order chi connectivity index (χ0) is 25.6. The first-order chi connectivity index (χ1) is 18.1. The standard InChI is InChI=1S/C31H34N4O2/c1-2-17-32-30(36)24-13-16-27-26(20-24)28(31(37)34-27)29(23-9-5-3-6-10-23)33-25-14-11-22(12-15-25)21-35-18-7-4-8-19-35/h3,5-6,9-16,20,34,37H,2,4,7-8,17-19,21H2,1H3,(H,32,36). The van der Waals surface area contributed by atoms with E-state index in [0.717, 1.165) is 48.2 Å². The number of nitrogens with one attached hydrogen (secondary N) is 2. The molecule has 37 heavy (non-hydrogen) atoms. The molecule has 2 heterocycles. The van der Waals surface area contributed by atoms with Gasteiger partial charge in [0.2, 0.25) is 0 Å². The van der Waals surface area contributed by atoms with Crippen LogP contribution in [0, 0.1) is 0 Å². The Morgan fingerprint density at radius 2 is 1.73 bits per heavy atom. The molecule has 0 bridgehead atoms. The smallest absolute Gasteiger partial charge is 0.251 e. The Morgan fingerprint density at radius 3 is 2.46 bits per heavy atom. The van der Waals surface area contributed by atoms with Gasteiger partial charge in [-0.15, -0.1) is 0 Å². The van der Waals surface area contributed by atoms with Gasteiger partial charge in [-0.1, -0.05) is 55.8 Å². The Hall–Kier alpha value is -3.90. The number of hydrogen-bond acceptors (Lipinski definition) is 4. The van der Waals surface area contributed by atoms with Crippen LogP contribution in [0.15, 0.2) is 77.8 Å². The summed E-state index contributed by atoms with van der Waals surface area (Å²) in [4.78, 5) is 23.2. The minimum atomic E-state index is -0.127. The number of H-pyrrole nitrogens is 1. The van der Waals surface area contributed by atoms with Gasteiger partial charge in [-0.05, 0) is 68.2 Å². The van der Waals surface area contributed by atoms with E-state index in [9.17, 15) is 9.90 Å². The number of amides is 1. The number of carbonyl (C=O) groups excluding carboxylic acids is 1. The molecule has 1 fully saturated rings. The molecule has 3 aromatic carbocycles. The molecule has 0 aliphatic carbocycles. The van der Waals surface area contributed by atoms with E-state index in [1.807, 2.05) is 61.5 Å². The van der Waals surface area contributed by atoms with Crippen molar-refractivity contribution in [2.75, 3.05) is 19.6 Å². The number of carbonyl (C=O) groups is 1. The number of nitrogens with zero attached hydrogens (tertiary/aromatic N) is 2. The topological polar surface area (TPSA) is 80.7 Å². The van der Waals surface area contributed by atoms with Crippen molar-refractivity contribution in [1.82, 2.24) is 15.2 Å². The highest BCUT2D eigenvalue weighted by atomic mass is 16.3. The third-order valence-corrected chi connectivity index (χ3v) is 6.89. The van der Waals surface area contributed by atoms with Crippen LogP contribution in [0.5, 0.6) is 5.88 Å². The third-order valence-electron chi connectivity index (χ3n) is 6.89. The molecule has 1 amide bonds. The third kappa shape index (κ3) is 5.75. The maximum atomic E-state index is 12.7. The van der Waals surface area contributed by atoms with E-state index < -0.39 is 0 Å². The Kier molecular flexibility index (Phi) is 7.66. The van der Waals surface area contributed by atoms with Crippen LogP contribution >= 0.6 is 0 Å². The highest BCUT2D eigenvalue weighted by Crippen LogP contribution is 2.32. The van der Waals surface area contributed by atoms with Gasteiger partial charge in [0.15, 0.2) is 5.88 Å². The first-order valence-corrected chi connectivity index (χ1v) is 13.2. The number of hydrogen-bond donors (Lipinski definition) is 3. The zero-order valence-electron chi connectivity index (χ0n) is 21.3. The lowest BCUT2D eigenvalue weighted by molar-refractivity contribution is 0.0954. The molecule has 0 atom stereocenters. The molecule has 190 valence electrons. The summed E-state index contributed by atoms with van der Waals surface area (Å²) in [6.07, 6.45) is 4.75. The van der Waals surface area contributed by atoms with Gasteiger partial charge in [-0.2, -0.15) is 0 Å². The number of piperidine rings is 1. The molecule has 4 aromatic rings. The molecule has 0 saturated carbocycles. The summed E-state index contributed by atoms with van der Waals surface area (Å²) in [5, 5.41) is 14.7. The van der Waals surface area contributed by atoms with E-state index in [2.05, 4.69) is 27.3 Å². The Labute approximate surface area is 218 Å². The molecule has 1 aliphatic rings. The van der Waals surface area contributed by atoms with Crippen molar-refractivity contribution >= 4 is 28.2 Å². The van der Waals surface area contributed by atoms with Crippen LogP contribution in [0.4, 0.5) is 5.69 Å². The zero-order valence-corrected chi connectivity index (χ0v) is 21.3. The first-order valence-electron chi connectivity index (χ1n) is 13.2. The van der Waals surface area contributed by atoms with Crippen molar-refractivity contribution in [3.8, 4) is 5.88 Å². The summed E-state index contributed by atoms with van der Waals surface area (Å²) in [6.45, 7) is 5.93. The number of likely N-dealkylation sites (tertiary alicyclic amines) is 1. The average Bonchev–Trinajstić information content (AvgIpc) is 3.27. The molecule has 1 aromatic heterocycles. The van der Waals surface area contributed by atoms with Crippen molar-refractivity contribution in [3.05, 3.63) is 95.1 Å². The van der Waals surface area contributed by atoms with Crippen molar-refractivity contribution in [2.24, 2.45) is 4.99 Å². The van der Waals surface area contributed by atoms with Crippen molar-refractivity contribution in [3.63, 3.8) is 0 Å². The lowest BCUT2D eigenvalue weighted by atomic mass is 9.99. The maximum Gasteiger partial charge on any atom is 0.251 e. The summed E-state index contributed by atoms with van der Waals surface area (Å²) in [5.74, 6) is -0.0941. The predicted octanol–water partition coefficient (Wildman–Crippen LogP) is 6.17. The number of aliphatic imine (C=N–C) groups is 1. The van der Waals surface area contributed by atoms with Gasteiger partial charge in [0.25, 0.3) is 5.91 Å². The summed E-state index contributed by atoms with van der Waals surface area (Å²) in [6, 6.07) is 23.6. The van der Waals surface area contributed by atoms with Crippen LogP contribution in [0.1, 0.15) is 59.7 Å². The highest BCUT2D eigenvalue weighted by molar-refractivity contribution is 6.22. The molecule has 6 nitrogen and oxygen atoms in total.